The van der Waals surface area contributed by atoms with Crippen LogP contribution in [0.3, 0.4) is 0 Å². The zero-order chi connectivity index (χ0) is 17.8. The Kier molecular flexibility index (Phi) is 5.43. The van der Waals surface area contributed by atoms with Crippen molar-refractivity contribution in [3.63, 3.8) is 0 Å². The second kappa shape index (κ2) is 7.74. The van der Waals surface area contributed by atoms with Gasteiger partial charge in [0, 0.05) is 37.7 Å². The molecule has 3 rings (SSSR count). The highest BCUT2D eigenvalue weighted by atomic mass is 16.5. The molecule has 0 aromatic carbocycles. The number of carbonyl (C=O) groups is 1. The van der Waals surface area contributed by atoms with Crippen LogP contribution in [0.5, 0.6) is 0 Å². The van der Waals surface area contributed by atoms with Crippen molar-refractivity contribution in [1.29, 1.82) is 0 Å². The van der Waals surface area contributed by atoms with E-state index >= 15 is 0 Å². The highest BCUT2D eigenvalue weighted by Crippen LogP contribution is 2.24. The summed E-state index contributed by atoms with van der Waals surface area (Å²) in [4.78, 5) is 23.1. The maximum Gasteiger partial charge on any atom is 0.248 e. The van der Waals surface area contributed by atoms with E-state index in [1.54, 1.807) is 7.11 Å². The molecule has 0 aliphatic carbocycles. The summed E-state index contributed by atoms with van der Waals surface area (Å²) in [6.07, 6.45) is 6.64. The molecule has 0 spiro atoms. The lowest BCUT2D eigenvalue weighted by molar-refractivity contribution is -0.136. The van der Waals surface area contributed by atoms with E-state index in [9.17, 15) is 4.79 Å². The van der Waals surface area contributed by atoms with Gasteiger partial charge in [0.05, 0.1) is 23.3 Å². The molecule has 3 heterocycles. The maximum absolute atomic E-state index is 12.0. The normalized spacial score (nSPS) is 17.7. The van der Waals surface area contributed by atoms with Crippen LogP contribution in [-0.2, 0) is 16.0 Å². The Balaban J connectivity index is 1.64. The molecule has 2 aromatic heterocycles. The Hall–Kier alpha value is -2.28. The van der Waals surface area contributed by atoms with Gasteiger partial charge in [0.15, 0.2) is 0 Å². The molecule has 25 heavy (non-hydrogen) atoms. The van der Waals surface area contributed by atoms with E-state index in [1.165, 1.54) is 0 Å². The number of hydrogen-bond donors (Lipinski definition) is 1. The molecule has 1 saturated heterocycles. The number of rotatable bonds is 5. The van der Waals surface area contributed by atoms with Crippen LogP contribution in [0.25, 0.3) is 11.3 Å². The molecule has 0 unspecified atom stereocenters. The molecular formula is C18H25N5O2. The molecule has 2 aromatic rings. The summed E-state index contributed by atoms with van der Waals surface area (Å²) in [6.45, 7) is 5.69. The zero-order valence-electron chi connectivity index (χ0n) is 15.1. The van der Waals surface area contributed by atoms with Gasteiger partial charge in [-0.15, -0.1) is 0 Å². The van der Waals surface area contributed by atoms with Crippen LogP contribution in [0.1, 0.15) is 29.9 Å². The van der Waals surface area contributed by atoms with Gasteiger partial charge in [0.2, 0.25) is 5.91 Å². The Morgan fingerprint density at radius 3 is 2.84 bits per heavy atom. The van der Waals surface area contributed by atoms with Crippen LogP contribution in [-0.4, -0.2) is 57.8 Å². The first-order valence-electron chi connectivity index (χ1n) is 8.68. The number of nitrogens with zero attached hydrogens (tertiary/aromatic N) is 4. The number of carbonyl (C=O) groups excluding carboxylic acids is 1. The molecule has 134 valence electrons. The second-order valence-corrected chi connectivity index (χ2v) is 6.69. The smallest absolute Gasteiger partial charge is 0.248 e. The SMILES string of the molecule is COCC(=O)N1CCC[C@@H](Cc2cnc(-c3c(C)n[nH]c3C)cn2)C1. The van der Waals surface area contributed by atoms with Gasteiger partial charge in [-0.3, -0.25) is 19.9 Å². The summed E-state index contributed by atoms with van der Waals surface area (Å²) in [5.41, 5.74) is 4.76. The molecule has 1 amide bonds. The fourth-order valence-corrected chi connectivity index (χ4v) is 3.49. The molecule has 7 heteroatoms. The second-order valence-electron chi connectivity index (χ2n) is 6.69. The number of piperidine rings is 1. The van der Waals surface area contributed by atoms with Crippen molar-refractivity contribution in [3.8, 4) is 11.3 Å². The number of aryl methyl sites for hydroxylation is 2. The number of ether oxygens (including phenoxy) is 1. The third-order valence-electron chi connectivity index (χ3n) is 4.73. The van der Waals surface area contributed by atoms with Crippen molar-refractivity contribution in [2.45, 2.75) is 33.1 Å². The Morgan fingerprint density at radius 2 is 2.20 bits per heavy atom. The molecule has 0 saturated carbocycles. The molecule has 1 N–H and O–H groups in total. The average molecular weight is 343 g/mol. The van der Waals surface area contributed by atoms with Crippen molar-refractivity contribution in [1.82, 2.24) is 25.1 Å². The predicted octanol–water partition coefficient (Wildman–Crippen LogP) is 1.91. The molecule has 1 aliphatic rings. The summed E-state index contributed by atoms with van der Waals surface area (Å²) in [5, 5.41) is 7.18. The van der Waals surface area contributed by atoms with Crippen molar-refractivity contribution in [2.75, 3.05) is 26.8 Å². The lowest BCUT2D eigenvalue weighted by Crippen LogP contribution is -2.42. The third kappa shape index (κ3) is 4.04. The first-order valence-corrected chi connectivity index (χ1v) is 8.68. The fraction of sp³-hybridized carbons (Fsp3) is 0.556. The first-order chi connectivity index (χ1) is 12.1. The lowest BCUT2D eigenvalue weighted by atomic mass is 9.93. The van der Waals surface area contributed by atoms with Gasteiger partial charge >= 0.3 is 0 Å². The van der Waals surface area contributed by atoms with E-state index in [0.717, 1.165) is 60.7 Å². The molecular weight excluding hydrogens is 318 g/mol. The Labute approximate surface area is 147 Å². The van der Waals surface area contributed by atoms with E-state index in [4.69, 9.17) is 4.74 Å². The van der Waals surface area contributed by atoms with Gasteiger partial charge in [0.1, 0.15) is 6.61 Å². The van der Waals surface area contributed by atoms with Gasteiger partial charge in [-0.25, -0.2) is 0 Å². The number of hydrogen-bond acceptors (Lipinski definition) is 5. The highest BCUT2D eigenvalue weighted by Gasteiger charge is 2.24. The zero-order valence-corrected chi connectivity index (χ0v) is 15.1. The number of amides is 1. The van der Waals surface area contributed by atoms with Crippen LogP contribution in [0.2, 0.25) is 0 Å². The van der Waals surface area contributed by atoms with Gasteiger partial charge in [-0.2, -0.15) is 5.10 Å². The lowest BCUT2D eigenvalue weighted by Gasteiger charge is -2.32. The van der Waals surface area contributed by atoms with E-state index in [1.807, 2.05) is 31.1 Å². The van der Waals surface area contributed by atoms with E-state index in [-0.39, 0.29) is 12.5 Å². The van der Waals surface area contributed by atoms with Gasteiger partial charge in [-0.05, 0) is 39.0 Å². The predicted molar refractivity (Wildman–Crippen MR) is 94.0 cm³/mol. The van der Waals surface area contributed by atoms with Crippen LogP contribution >= 0.6 is 0 Å². The number of aromatic amines is 1. The molecule has 0 radical (unpaired) electrons. The largest absolute Gasteiger partial charge is 0.375 e. The van der Waals surface area contributed by atoms with Crippen LogP contribution in [0.15, 0.2) is 12.4 Å². The Morgan fingerprint density at radius 1 is 1.36 bits per heavy atom. The first kappa shape index (κ1) is 17.5. The van der Waals surface area contributed by atoms with Gasteiger partial charge in [0.25, 0.3) is 0 Å². The van der Waals surface area contributed by atoms with E-state index < -0.39 is 0 Å². The summed E-state index contributed by atoms with van der Waals surface area (Å²) in [7, 11) is 1.56. The standard InChI is InChI=1S/C18H25N5O2/c1-12-18(13(2)22-21-12)16-9-19-15(8-20-16)7-14-5-4-6-23(10-14)17(24)11-25-3/h8-9,14H,4-7,10-11H2,1-3H3,(H,21,22)/t14-/m0/s1. The summed E-state index contributed by atoms with van der Waals surface area (Å²) >= 11 is 0. The number of likely N-dealkylation sites (tertiary alicyclic amines) is 1. The summed E-state index contributed by atoms with van der Waals surface area (Å²) in [5.74, 6) is 0.492. The minimum Gasteiger partial charge on any atom is -0.375 e. The molecule has 1 aliphatic heterocycles. The van der Waals surface area contributed by atoms with Crippen molar-refractivity contribution in [2.24, 2.45) is 5.92 Å². The number of methoxy groups -OCH3 is 1. The molecule has 7 nitrogen and oxygen atoms in total. The number of nitrogens with one attached hydrogen (secondary N) is 1. The van der Waals surface area contributed by atoms with Crippen molar-refractivity contribution < 1.29 is 9.53 Å². The monoisotopic (exact) mass is 343 g/mol. The average Bonchev–Trinajstić information content (AvgIpc) is 2.95. The fourth-order valence-electron chi connectivity index (χ4n) is 3.49. The Bertz CT molecular complexity index is 706. The molecule has 0 bridgehead atoms. The van der Waals surface area contributed by atoms with Crippen LogP contribution in [0, 0.1) is 19.8 Å². The quantitative estimate of drug-likeness (QED) is 0.896. The third-order valence-corrected chi connectivity index (χ3v) is 4.73. The topological polar surface area (TPSA) is 84.0 Å². The van der Waals surface area contributed by atoms with Gasteiger partial charge < -0.3 is 9.64 Å². The summed E-state index contributed by atoms with van der Waals surface area (Å²) in [6, 6.07) is 0. The molecule has 1 atom stereocenters. The number of H-pyrrole nitrogens is 1. The minimum atomic E-state index is 0.0690. The van der Waals surface area contributed by atoms with E-state index in [2.05, 4.69) is 20.2 Å². The minimum absolute atomic E-state index is 0.0690. The van der Waals surface area contributed by atoms with Crippen molar-refractivity contribution >= 4 is 5.91 Å². The van der Waals surface area contributed by atoms with Crippen LogP contribution in [0.4, 0.5) is 0 Å². The molecule has 1 fully saturated rings. The summed E-state index contributed by atoms with van der Waals surface area (Å²) < 4.78 is 4.96. The van der Waals surface area contributed by atoms with E-state index in [0.29, 0.717) is 5.92 Å². The van der Waals surface area contributed by atoms with Crippen LogP contribution < -0.4 is 0 Å². The highest BCUT2D eigenvalue weighted by molar-refractivity contribution is 5.77. The van der Waals surface area contributed by atoms with Gasteiger partial charge in [-0.1, -0.05) is 0 Å². The number of aromatic nitrogens is 4. The van der Waals surface area contributed by atoms with Crippen molar-refractivity contribution in [3.05, 3.63) is 29.5 Å². The maximum atomic E-state index is 12.0.